The van der Waals surface area contributed by atoms with Crippen molar-refractivity contribution in [1.82, 2.24) is 5.32 Å². The lowest BCUT2D eigenvalue weighted by molar-refractivity contribution is -0.0135. The van der Waals surface area contributed by atoms with Crippen molar-refractivity contribution in [2.24, 2.45) is 5.92 Å². The quantitative estimate of drug-likeness (QED) is 0.659. The molecule has 0 aromatic heterocycles. The highest BCUT2D eigenvalue weighted by Gasteiger charge is 2.17. The molecule has 3 heteroatoms. The molecule has 1 N–H and O–H groups in total. The number of rotatable bonds is 6. The Morgan fingerprint density at radius 2 is 2.21 bits per heavy atom. The van der Waals surface area contributed by atoms with Crippen LogP contribution in [0.4, 0.5) is 0 Å². The number of methoxy groups -OCH3 is 1. The summed E-state index contributed by atoms with van der Waals surface area (Å²) in [7, 11) is 1.75. The van der Waals surface area contributed by atoms with Crippen molar-refractivity contribution < 1.29 is 9.47 Å². The van der Waals surface area contributed by atoms with Gasteiger partial charge in [-0.25, -0.2) is 0 Å². The van der Waals surface area contributed by atoms with Gasteiger partial charge in [0.2, 0.25) is 0 Å². The van der Waals surface area contributed by atoms with Gasteiger partial charge in [0.05, 0.1) is 12.2 Å². The van der Waals surface area contributed by atoms with Gasteiger partial charge < -0.3 is 14.8 Å². The van der Waals surface area contributed by atoms with Gasteiger partial charge >= 0.3 is 0 Å². The summed E-state index contributed by atoms with van der Waals surface area (Å²) in [6.45, 7) is 8.15. The minimum absolute atomic E-state index is 0.0477. The summed E-state index contributed by atoms with van der Waals surface area (Å²) in [5.74, 6) is 0.723. The van der Waals surface area contributed by atoms with E-state index in [1.807, 2.05) is 0 Å². The molecule has 1 rings (SSSR count). The highest BCUT2D eigenvalue weighted by molar-refractivity contribution is 4.71. The van der Waals surface area contributed by atoms with E-state index in [9.17, 15) is 0 Å². The number of ether oxygens (including phenoxy) is 2. The average Bonchev–Trinajstić information content (AvgIpc) is 2.65. The van der Waals surface area contributed by atoms with E-state index in [1.165, 1.54) is 6.42 Å². The van der Waals surface area contributed by atoms with Crippen molar-refractivity contribution in [3.63, 3.8) is 0 Å². The Bertz CT molecular complexity index is 153. The van der Waals surface area contributed by atoms with Crippen molar-refractivity contribution in [2.75, 3.05) is 33.4 Å². The third-order valence-corrected chi connectivity index (χ3v) is 2.92. The molecule has 3 nitrogen and oxygen atoms in total. The SMILES string of the molecule is COC(C)(C)CCOCC1CCNC1. The summed E-state index contributed by atoms with van der Waals surface area (Å²) in [5, 5.41) is 3.34. The Morgan fingerprint density at radius 1 is 1.43 bits per heavy atom. The van der Waals surface area contributed by atoms with Gasteiger partial charge in [0, 0.05) is 20.3 Å². The molecular weight excluding hydrogens is 178 g/mol. The maximum Gasteiger partial charge on any atom is 0.0644 e. The molecule has 1 atom stereocenters. The Labute approximate surface area is 87.2 Å². The van der Waals surface area contributed by atoms with E-state index in [4.69, 9.17) is 9.47 Å². The van der Waals surface area contributed by atoms with Gasteiger partial charge in [-0.15, -0.1) is 0 Å². The van der Waals surface area contributed by atoms with Crippen molar-refractivity contribution in [3.05, 3.63) is 0 Å². The third-order valence-electron chi connectivity index (χ3n) is 2.92. The predicted octanol–water partition coefficient (Wildman–Crippen LogP) is 1.43. The summed E-state index contributed by atoms with van der Waals surface area (Å²) in [4.78, 5) is 0. The van der Waals surface area contributed by atoms with Crippen LogP contribution in [0.15, 0.2) is 0 Å². The fourth-order valence-corrected chi connectivity index (χ4v) is 1.53. The number of hydrogen-bond acceptors (Lipinski definition) is 3. The summed E-state index contributed by atoms with van der Waals surface area (Å²) >= 11 is 0. The van der Waals surface area contributed by atoms with Gasteiger partial charge in [0.25, 0.3) is 0 Å². The fraction of sp³-hybridized carbons (Fsp3) is 1.00. The van der Waals surface area contributed by atoms with Crippen LogP contribution in [-0.4, -0.2) is 39.0 Å². The van der Waals surface area contributed by atoms with E-state index in [2.05, 4.69) is 19.2 Å². The number of nitrogens with one attached hydrogen (secondary N) is 1. The van der Waals surface area contributed by atoms with Crippen LogP contribution in [0.5, 0.6) is 0 Å². The molecule has 0 aromatic rings. The van der Waals surface area contributed by atoms with Crippen LogP contribution in [0, 0.1) is 5.92 Å². The standard InChI is InChI=1S/C11H23NO2/c1-11(2,13-3)5-7-14-9-10-4-6-12-8-10/h10,12H,4-9H2,1-3H3. The summed E-state index contributed by atoms with van der Waals surface area (Å²) in [5.41, 5.74) is -0.0477. The Morgan fingerprint density at radius 3 is 2.79 bits per heavy atom. The minimum Gasteiger partial charge on any atom is -0.381 e. The van der Waals surface area contributed by atoms with Crippen LogP contribution in [0.3, 0.4) is 0 Å². The van der Waals surface area contributed by atoms with E-state index < -0.39 is 0 Å². The van der Waals surface area contributed by atoms with Gasteiger partial charge in [-0.1, -0.05) is 0 Å². The summed E-state index contributed by atoms with van der Waals surface area (Å²) < 4.78 is 11.0. The van der Waals surface area contributed by atoms with Crippen LogP contribution in [0.2, 0.25) is 0 Å². The zero-order valence-electron chi connectivity index (χ0n) is 9.64. The third kappa shape index (κ3) is 4.40. The second-order valence-electron chi connectivity index (χ2n) is 4.65. The topological polar surface area (TPSA) is 30.5 Å². The Hall–Kier alpha value is -0.120. The molecule has 1 saturated heterocycles. The molecule has 14 heavy (non-hydrogen) atoms. The smallest absolute Gasteiger partial charge is 0.0644 e. The summed E-state index contributed by atoms with van der Waals surface area (Å²) in [6.07, 6.45) is 2.22. The first-order valence-electron chi connectivity index (χ1n) is 5.48. The Kier molecular flexibility index (Phi) is 4.85. The van der Waals surface area contributed by atoms with Crippen molar-refractivity contribution in [1.29, 1.82) is 0 Å². The van der Waals surface area contributed by atoms with E-state index in [-0.39, 0.29) is 5.60 Å². The van der Waals surface area contributed by atoms with Gasteiger partial charge in [-0.2, -0.15) is 0 Å². The first-order chi connectivity index (χ1) is 6.64. The minimum atomic E-state index is -0.0477. The maximum atomic E-state index is 5.64. The van der Waals surface area contributed by atoms with Gasteiger partial charge in [-0.3, -0.25) is 0 Å². The molecule has 0 radical (unpaired) electrons. The van der Waals surface area contributed by atoms with E-state index >= 15 is 0 Å². The van der Waals surface area contributed by atoms with Crippen LogP contribution < -0.4 is 5.32 Å². The number of hydrogen-bond donors (Lipinski definition) is 1. The van der Waals surface area contributed by atoms with Crippen molar-refractivity contribution in [3.8, 4) is 0 Å². The summed E-state index contributed by atoms with van der Waals surface area (Å²) in [6, 6.07) is 0. The largest absolute Gasteiger partial charge is 0.381 e. The molecule has 84 valence electrons. The molecule has 0 bridgehead atoms. The molecule has 0 aromatic carbocycles. The molecule has 0 amide bonds. The van der Waals surface area contributed by atoms with Crippen molar-refractivity contribution >= 4 is 0 Å². The van der Waals surface area contributed by atoms with Gasteiger partial charge in [0.1, 0.15) is 0 Å². The monoisotopic (exact) mass is 201 g/mol. The van der Waals surface area contributed by atoms with E-state index in [1.54, 1.807) is 7.11 Å². The molecular formula is C11H23NO2. The van der Waals surface area contributed by atoms with Crippen LogP contribution in [0.25, 0.3) is 0 Å². The predicted molar refractivity (Wildman–Crippen MR) is 57.5 cm³/mol. The zero-order chi connectivity index (χ0) is 10.4. The fourth-order valence-electron chi connectivity index (χ4n) is 1.53. The van der Waals surface area contributed by atoms with Gasteiger partial charge in [-0.05, 0) is 39.2 Å². The molecule has 1 unspecified atom stereocenters. The average molecular weight is 201 g/mol. The van der Waals surface area contributed by atoms with Crippen LogP contribution in [0.1, 0.15) is 26.7 Å². The second-order valence-corrected chi connectivity index (χ2v) is 4.65. The molecule has 0 saturated carbocycles. The lowest BCUT2D eigenvalue weighted by Crippen LogP contribution is -2.25. The molecule has 1 aliphatic rings. The highest BCUT2D eigenvalue weighted by Crippen LogP contribution is 2.13. The zero-order valence-corrected chi connectivity index (χ0v) is 9.64. The lowest BCUT2D eigenvalue weighted by atomic mass is 10.1. The highest BCUT2D eigenvalue weighted by atomic mass is 16.5. The maximum absolute atomic E-state index is 5.64. The molecule has 0 spiro atoms. The van der Waals surface area contributed by atoms with Crippen LogP contribution in [-0.2, 0) is 9.47 Å². The normalized spacial score (nSPS) is 22.9. The molecule has 1 aliphatic heterocycles. The first-order valence-corrected chi connectivity index (χ1v) is 5.48. The van der Waals surface area contributed by atoms with Gasteiger partial charge in [0.15, 0.2) is 0 Å². The molecule has 1 heterocycles. The molecule has 0 aliphatic carbocycles. The van der Waals surface area contributed by atoms with Crippen LogP contribution >= 0.6 is 0 Å². The van der Waals surface area contributed by atoms with E-state index in [0.29, 0.717) is 0 Å². The molecule has 1 fully saturated rings. The van der Waals surface area contributed by atoms with Crippen molar-refractivity contribution in [2.45, 2.75) is 32.3 Å². The second kappa shape index (κ2) is 5.69. The lowest BCUT2D eigenvalue weighted by Gasteiger charge is -2.22. The Balaban J connectivity index is 1.98. The first kappa shape index (κ1) is 12.0. The van der Waals surface area contributed by atoms with E-state index in [0.717, 1.165) is 38.6 Å².